The highest BCUT2D eigenvalue weighted by Gasteiger charge is 2.19. The summed E-state index contributed by atoms with van der Waals surface area (Å²) in [6, 6.07) is 12.0. The first-order valence-electron chi connectivity index (χ1n) is 6.45. The van der Waals surface area contributed by atoms with Crippen LogP contribution in [0.4, 0.5) is 10.6 Å². The number of carboxylic acid groups (broad SMARTS) is 1. The van der Waals surface area contributed by atoms with Crippen molar-refractivity contribution in [3.05, 3.63) is 59.3 Å². The molecule has 2 aromatic rings. The van der Waals surface area contributed by atoms with Crippen molar-refractivity contribution in [3.63, 3.8) is 0 Å². The highest BCUT2D eigenvalue weighted by molar-refractivity contribution is 5.89. The van der Waals surface area contributed by atoms with Gasteiger partial charge in [-0.2, -0.15) is 5.01 Å². The van der Waals surface area contributed by atoms with Gasteiger partial charge in [0.1, 0.15) is 6.61 Å². The first kappa shape index (κ1) is 15.5. The van der Waals surface area contributed by atoms with Gasteiger partial charge in [-0.05, 0) is 24.1 Å². The van der Waals surface area contributed by atoms with Gasteiger partial charge in [0.15, 0.2) is 11.5 Å². The number of benzene rings is 1. The van der Waals surface area contributed by atoms with Crippen molar-refractivity contribution in [2.75, 3.05) is 5.01 Å². The predicted octanol–water partition coefficient (Wildman–Crippen LogP) is 2.11. The van der Waals surface area contributed by atoms with E-state index in [-0.39, 0.29) is 18.1 Å². The highest BCUT2D eigenvalue weighted by Crippen LogP contribution is 2.16. The maximum Gasteiger partial charge on any atom is 0.430 e. The fourth-order valence-electron chi connectivity index (χ4n) is 1.76. The number of hydrogen-bond acceptors (Lipinski definition) is 5. The van der Waals surface area contributed by atoms with E-state index in [0.717, 1.165) is 5.56 Å². The number of carbonyl (C=O) groups is 2. The van der Waals surface area contributed by atoms with Crippen LogP contribution in [0.15, 0.2) is 42.5 Å². The third-order valence-corrected chi connectivity index (χ3v) is 2.92. The van der Waals surface area contributed by atoms with E-state index in [9.17, 15) is 9.59 Å². The zero-order chi connectivity index (χ0) is 16.1. The third-order valence-electron chi connectivity index (χ3n) is 2.92. The summed E-state index contributed by atoms with van der Waals surface area (Å²) in [6.45, 7) is 1.73. The lowest BCUT2D eigenvalue weighted by molar-refractivity contribution is 0.0690. The van der Waals surface area contributed by atoms with Crippen molar-refractivity contribution in [3.8, 4) is 0 Å². The lowest BCUT2D eigenvalue weighted by Crippen LogP contribution is -2.39. The van der Waals surface area contributed by atoms with Crippen molar-refractivity contribution in [2.45, 2.75) is 13.5 Å². The Labute approximate surface area is 126 Å². The Balaban J connectivity index is 2.10. The fraction of sp³-hybridized carbons (Fsp3) is 0.133. The molecule has 7 heteroatoms. The molecule has 7 nitrogen and oxygen atoms in total. The number of nitrogens with zero attached hydrogens (tertiary/aromatic N) is 2. The molecule has 0 atom stereocenters. The number of aromatic carboxylic acids is 1. The number of hydrogen-bond donors (Lipinski definition) is 2. The van der Waals surface area contributed by atoms with Crippen molar-refractivity contribution in [2.24, 2.45) is 5.84 Å². The van der Waals surface area contributed by atoms with E-state index < -0.39 is 12.1 Å². The minimum absolute atomic E-state index is 0.0398. The second-order valence-electron chi connectivity index (χ2n) is 4.55. The minimum atomic E-state index is -1.20. The Morgan fingerprint density at radius 3 is 2.55 bits per heavy atom. The van der Waals surface area contributed by atoms with E-state index >= 15 is 0 Å². The lowest BCUT2D eigenvalue weighted by atomic mass is 10.2. The van der Waals surface area contributed by atoms with E-state index in [0.29, 0.717) is 10.6 Å². The van der Waals surface area contributed by atoms with E-state index in [4.69, 9.17) is 15.7 Å². The van der Waals surface area contributed by atoms with Gasteiger partial charge in [-0.25, -0.2) is 20.4 Å². The van der Waals surface area contributed by atoms with Gasteiger partial charge in [0.05, 0.1) is 0 Å². The highest BCUT2D eigenvalue weighted by atomic mass is 16.6. The Kier molecular flexibility index (Phi) is 4.70. The summed E-state index contributed by atoms with van der Waals surface area (Å²) in [7, 11) is 0. The molecule has 0 aliphatic heterocycles. The van der Waals surface area contributed by atoms with Crippen molar-refractivity contribution in [1.82, 2.24) is 4.98 Å². The molecule has 1 aromatic heterocycles. The van der Waals surface area contributed by atoms with Crippen LogP contribution in [0.2, 0.25) is 0 Å². The average molecular weight is 301 g/mol. The van der Waals surface area contributed by atoms with E-state index in [1.165, 1.54) is 12.1 Å². The molecule has 0 fully saturated rings. The van der Waals surface area contributed by atoms with Crippen LogP contribution in [0, 0.1) is 6.92 Å². The molecule has 0 aliphatic carbocycles. The van der Waals surface area contributed by atoms with Gasteiger partial charge in [-0.1, -0.05) is 36.4 Å². The standard InChI is InChI=1S/C15H15N3O4/c1-10-7-8-12(14(19)20)17-13(10)18(16)15(21)22-9-11-5-3-2-4-6-11/h2-8H,9,16H2,1H3,(H,19,20). The number of ether oxygens (including phenoxy) is 1. The number of rotatable bonds is 4. The second kappa shape index (κ2) is 6.68. The number of aryl methyl sites for hydroxylation is 1. The molecule has 1 aromatic carbocycles. The minimum Gasteiger partial charge on any atom is -0.477 e. The van der Waals surface area contributed by atoms with Crippen LogP contribution >= 0.6 is 0 Å². The Hall–Kier alpha value is -2.93. The van der Waals surface area contributed by atoms with Crippen LogP contribution in [-0.4, -0.2) is 22.2 Å². The maximum absolute atomic E-state index is 11.9. The molecular formula is C15H15N3O4. The lowest BCUT2D eigenvalue weighted by Gasteiger charge is -2.17. The second-order valence-corrected chi connectivity index (χ2v) is 4.55. The summed E-state index contributed by atoms with van der Waals surface area (Å²) in [5, 5.41) is 9.63. The summed E-state index contributed by atoms with van der Waals surface area (Å²) in [5.41, 5.74) is 1.17. The van der Waals surface area contributed by atoms with Gasteiger partial charge in [0.2, 0.25) is 0 Å². The quantitative estimate of drug-likeness (QED) is 0.509. The predicted molar refractivity (Wildman–Crippen MR) is 79.2 cm³/mol. The zero-order valence-corrected chi connectivity index (χ0v) is 11.9. The molecule has 0 unspecified atom stereocenters. The van der Waals surface area contributed by atoms with Gasteiger partial charge in [-0.15, -0.1) is 0 Å². The van der Waals surface area contributed by atoms with E-state index in [1.807, 2.05) is 30.3 Å². The van der Waals surface area contributed by atoms with Gasteiger partial charge in [-0.3, -0.25) is 0 Å². The molecule has 0 saturated carbocycles. The zero-order valence-electron chi connectivity index (χ0n) is 11.9. The summed E-state index contributed by atoms with van der Waals surface area (Å²) >= 11 is 0. The Bertz CT molecular complexity index is 688. The summed E-state index contributed by atoms with van der Waals surface area (Å²) in [6.07, 6.45) is -0.818. The number of carbonyl (C=O) groups excluding carboxylic acids is 1. The molecule has 0 radical (unpaired) electrons. The molecule has 1 heterocycles. The number of nitrogens with two attached hydrogens (primary N) is 1. The molecule has 0 aliphatic rings. The average Bonchev–Trinajstić information content (AvgIpc) is 2.53. The fourth-order valence-corrected chi connectivity index (χ4v) is 1.76. The number of amides is 1. The maximum atomic E-state index is 11.9. The summed E-state index contributed by atoms with van der Waals surface area (Å²) in [4.78, 5) is 26.7. The normalized spacial score (nSPS) is 10.1. The molecule has 0 bridgehead atoms. The van der Waals surface area contributed by atoms with Crippen LogP contribution in [-0.2, 0) is 11.3 Å². The number of pyridine rings is 1. The Morgan fingerprint density at radius 2 is 1.91 bits per heavy atom. The molecule has 22 heavy (non-hydrogen) atoms. The molecule has 2 rings (SSSR count). The van der Waals surface area contributed by atoms with Crippen LogP contribution in [0.3, 0.4) is 0 Å². The van der Waals surface area contributed by atoms with Crippen LogP contribution in [0.1, 0.15) is 21.6 Å². The third kappa shape index (κ3) is 3.58. The van der Waals surface area contributed by atoms with Gasteiger partial charge >= 0.3 is 12.1 Å². The van der Waals surface area contributed by atoms with Crippen molar-refractivity contribution in [1.29, 1.82) is 0 Å². The van der Waals surface area contributed by atoms with Crippen LogP contribution in [0.25, 0.3) is 0 Å². The van der Waals surface area contributed by atoms with E-state index in [1.54, 1.807) is 6.92 Å². The summed E-state index contributed by atoms with van der Waals surface area (Å²) < 4.78 is 5.07. The molecule has 0 saturated heterocycles. The monoisotopic (exact) mass is 301 g/mol. The number of aromatic nitrogens is 1. The number of carboxylic acids is 1. The van der Waals surface area contributed by atoms with Crippen LogP contribution < -0.4 is 10.9 Å². The molecule has 1 amide bonds. The largest absolute Gasteiger partial charge is 0.477 e. The first-order valence-corrected chi connectivity index (χ1v) is 6.45. The SMILES string of the molecule is Cc1ccc(C(=O)O)nc1N(N)C(=O)OCc1ccccc1. The van der Waals surface area contributed by atoms with Gasteiger partial charge in [0, 0.05) is 0 Å². The summed E-state index contributed by atoms with van der Waals surface area (Å²) in [5.74, 6) is 4.51. The van der Waals surface area contributed by atoms with E-state index in [2.05, 4.69) is 4.98 Å². The number of anilines is 1. The Morgan fingerprint density at radius 1 is 1.23 bits per heavy atom. The van der Waals surface area contributed by atoms with Gasteiger partial charge < -0.3 is 9.84 Å². The van der Waals surface area contributed by atoms with Crippen LogP contribution in [0.5, 0.6) is 0 Å². The van der Waals surface area contributed by atoms with Crippen molar-refractivity contribution >= 4 is 17.9 Å². The van der Waals surface area contributed by atoms with Crippen molar-refractivity contribution < 1.29 is 19.4 Å². The number of hydrazine groups is 1. The molecule has 114 valence electrons. The smallest absolute Gasteiger partial charge is 0.430 e. The molecule has 0 spiro atoms. The first-order chi connectivity index (χ1) is 10.5. The van der Waals surface area contributed by atoms with Gasteiger partial charge in [0.25, 0.3) is 0 Å². The molecular weight excluding hydrogens is 286 g/mol. The molecule has 3 N–H and O–H groups in total. The topological polar surface area (TPSA) is 106 Å².